The molecule has 1 aliphatic rings. The van der Waals surface area contributed by atoms with E-state index in [0.717, 1.165) is 6.42 Å². The predicted octanol–water partition coefficient (Wildman–Crippen LogP) is 1.74. The van der Waals surface area contributed by atoms with Crippen molar-refractivity contribution in [1.82, 2.24) is 4.98 Å². The highest BCUT2D eigenvalue weighted by molar-refractivity contribution is 5.88. The van der Waals surface area contributed by atoms with E-state index in [1.807, 2.05) is 6.92 Å². The molecule has 88 valence electrons. The summed E-state index contributed by atoms with van der Waals surface area (Å²) in [6.45, 7) is 4.67. The van der Waals surface area contributed by atoms with Crippen LogP contribution in [0.25, 0.3) is 0 Å². The zero-order chi connectivity index (χ0) is 11.5. The van der Waals surface area contributed by atoms with Crippen LogP contribution in [-0.4, -0.2) is 30.3 Å². The number of ether oxygens (including phenoxy) is 2. The zero-order valence-corrected chi connectivity index (χ0v) is 9.43. The van der Waals surface area contributed by atoms with Gasteiger partial charge in [-0.15, -0.1) is 0 Å². The summed E-state index contributed by atoms with van der Waals surface area (Å²) in [5.74, 6) is 0.269. The fourth-order valence-electron chi connectivity index (χ4n) is 1.90. The Morgan fingerprint density at radius 3 is 3.12 bits per heavy atom. The van der Waals surface area contributed by atoms with Gasteiger partial charge in [-0.05, 0) is 20.3 Å². The Kier molecular flexibility index (Phi) is 3.24. The Morgan fingerprint density at radius 1 is 1.69 bits per heavy atom. The fourth-order valence-corrected chi connectivity index (χ4v) is 1.90. The van der Waals surface area contributed by atoms with Crippen molar-refractivity contribution in [3.63, 3.8) is 0 Å². The number of aromatic nitrogens is 1. The molecule has 1 aliphatic heterocycles. The summed E-state index contributed by atoms with van der Waals surface area (Å²) < 4.78 is 15.6. The highest BCUT2D eigenvalue weighted by atomic mass is 16.5. The maximum absolute atomic E-state index is 11.6. The smallest absolute Gasteiger partial charge is 0.360 e. The van der Waals surface area contributed by atoms with Crippen LogP contribution in [0.5, 0.6) is 0 Å². The quantitative estimate of drug-likeness (QED) is 0.733. The summed E-state index contributed by atoms with van der Waals surface area (Å²) >= 11 is 0. The summed E-state index contributed by atoms with van der Waals surface area (Å²) in [5.41, 5.74) is 0.282. The molecule has 1 aromatic rings. The molecular weight excluding hydrogens is 210 g/mol. The average molecular weight is 225 g/mol. The molecule has 0 aliphatic carbocycles. The van der Waals surface area contributed by atoms with E-state index in [4.69, 9.17) is 13.9 Å². The van der Waals surface area contributed by atoms with Crippen molar-refractivity contribution in [1.29, 1.82) is 0 Å². The highest BCUT2D eigenvalue weighted by Crippen LogP contribution is 2.31. The Bertz CT molecular complexity index is 374. The number of carbonyl (C=O) groups is 1. The summed E-state index contributed by atoms with van der Waals surface area (Å²) in [4.78, 5) is 15.5. The lowest BCUT2D eigenvalue weighted by Crippen LogP contribution is -2.10. The van der Waals surface area contributed by atoms with Gasteiger partial charge in [0.2, 0.25) is 0 Å². The van der Waals surface area contributed by atoms with E-state index in [0.29, 0.717) is 19.0 Å². The number of hydrogen-bond acceptors (Lipinski definition) is 5. The monoisotopic (exact) mass is 225 g/mol. The summed E-state index contributed by atoms with van der Waals surface area (Å²) in [6.07, 6.45) is 2.33. The molecule has 2 atom stereocenters. The van der Waals surface area contributed by atoms with Crippen LogP contribution in [0.1, 0.15) is 42.4 Å². The number of hydrogen-bond donors (Lipinski definition) is 0. The van der Waals surface area contributed by atoms with Crippen LogP contribution in [0.15, 0.2) is 10.8 Å². The largest absolute Gasteiger partial charge is 0.461 e. The maximum Gasteiger partial charge on any atom is 0.360 e. The highest BCUT2D eigenvalue weighted by Gasteiger charge is 2.31. The molecule has 0 radical (unpaired) electrons. The standard InChI is InChI=1S/C11H15NO4/c1-3-14-11(13)9-10(16-6-12-9)8-4-7(2)15-5-8/h6-8H,3-5H2,1-2H3. The van der Waals surface area contributed by atoms with Crippen LogP contribution in [0.2, 0.25) is 0 Å². The second kappa shape index (κ2) is 4.65. The van der Waals surface area contributed by atoms with E-state index in [-0.39, 0.29) is 17.7 Å². The predicted molar refractivity (Wildman–Crippen MR) is 55.2 cm³/mol. The van der Waals surface area contributed by atoms with E-state index in [1.165, 1.54) is 6.39 Å². The Labute approximate surface area is 93.7 Å². The third-order valence-electron chi connectivity index (χ3n) is 2.63. The Morgan fingerprint density at radius 2 is 2.50 bits per heavy atom. The van der Waals surface area contributed by atoms with Gasteiger partial charge in [-0.2, -0.15) is 0 Å². The molecule has 2 unspecified atom stereocenters. The van der Waals surface area contributed by atoms with Crippen molar-refractivity contribution in [2.45, 2.75) is 32.3 Å². The normalized spacial score (nSPS) is 24.6. The maximum atomic E-state index is 11.6. The molecule has 2 heterocycles. The molecule has 5 nitrogen and oxygen atoms in total. The average Bonchev–Trinajstić information content (AvgIpc) is 2.85. The molecule has 0 N–H and O–H groups in total. The van der Waals surface area contributed by atoms with Crippen molar-refractivity contribution >= 4 is 5.97 Å². The van der Waals surface area contributed by atoms with Gasteiger partial charge in [-0.3, -0.25) is 0 Å². The van der Waals surface area contributed by atoms with Crippen LogP contribution in [0, 0.1) is 0 Å². The van der Waals surface area contributed by atoms with E-state index in [9.17, 15) is 4.79 Å². The molecule has 5 heteroatoms. The van der Waals surface area contributed by atoms with Crippen LogP contribution >= 0.6 is 0 Å². The van der Waals surface area contributed by atoms with E-state index >= 15 is 0 Å². The van der Waals surface area contributed by atoms with E-state index in [2.05, 4.69) is 4.98 Å². The molecule has 1 fully saturated rings. The first-order valence-corrected chi connectivity index (χ1v) is 5.44. The van der Waals surface area contributed by atoms with Gasteiger partial charge in [0.25, 0.3) is 0 Å². The van der Waals surface area contributed by atoms with E-state index in [1.54, 1.807) is 6.92 Å². The SMILES string of the molecule is CCOC(=O)c1ncoc1C1COC(C)C1. The van der Waals surface area contributed by atoms with Crippen molar-refractivity contribution < 1.29 is 18.7 Å². The molecule has 0 bridgehead atoms. The van der Waals surface area contributed by atoms with Gasteiger partial charge in [-0.1, -0.05) is 0 Å². The molecular formula is C11H15NO4. The molecule has 0 saturated carbocycles. The van der Waals surface area contributed by atoms with Crippen molar-refractivity contribution in [2.24, 2.45) is 0 Å². The minimum Gasteiger partial charge on any atom is -0.461 e. The van der Waals surface area contributed by atoms with Crippen LogP contribution in [-0.2, 0) is 9.47 Å². The molecule has 0 amide bonds. The molecule has 1 aromatic heterocycles. The van der Waals surface area contributed by atoms with Gasteiger partial charge in [0.1, 0.15) is 5.76 Å². The Balaban J connectivity index is 2.15. The van der Waals surface area contributed by atoms with Gasteiger partial charge in [0, 0.05) is 5.92 Å². The number of esters is 1. The number of oxazole rings is 1. The second-order valence-electron chi connectivity index (χ2n) is 3.86. The van der Waals surface area contributed by atoms with Crippen LogP contribution in [0.3, 0.4) is 0 Å². The zero-order valence-electron chi connectivity index (χ0n) is 9.43. The van der Waals surface area contributed by atoms with Crippen molar-refractivity contribution in [3.05, 3.63) is 17.8 Å². The fraction of sp³-hybridized carbons (Fsp3) is 0.636. The van der Waals surface area contributed by atoms with Gasteiger partial charge < -0.3 is 13.9 Å². The number of nitrogens with zero attached hydrogens (tertiary/aromatic N) is 1. The minimum atomic E-state index is -0.425. The topological polar surface area (TPSA) is 61.6 Å². The number of rotatable bonds is 3. The van der Waals surface area contributed by atoms with Crippen LogP contribution < -0.4 is 0 Å². The summed E-state index contributed by atoms with van der Waals surface area (Å²) in [5, 5.41) is 0. The first kappa shape index (κ1) is 11.1. The van der Waals surface area contributed by atoms with Crippen LogP contribution in [0.4, 0.5) is 0 Å². The third kappa shape index (κ3) is 2.09. The summed E-state index contributed by atoms with van der Waals surface area (Å²) in [6, 6.07) is 0. The molecule has 1 saturated heterocycles. The first-order chi connectivity index (χ1) is 7.72. The van der Waals surface area contributed by atoms with Crippen molar-refractivity contribution in [2.75, 3.05) is 13.2 Å². The summed E-state index contributed by atoms with van der Waals surface area (Å²) in [7, 11) is 0. The molecule has 0 spiro atoms. The van der Waals surface area contributed by atoms with Crippen molar-refractivity contribution in [3.8, 4) is 0 Å². The van der Waals surface area contributed by atoms with Gasteiger partial charge in [-0.25, -0.2) is 9.78 Å². The van der Waals surface area contributed by atoms with E-state index < -0.39 is 5.97 Å². The minimum absolute atomic E-state index is 0.108. The molecule has 2 rings (SSSR count). The lowest BCUT2D eigenvalue weighted by molar-refractivity contribution is 0.0516. The first-order valence-electron chi connectivity index (χ1n) is 5.44. The van der Waals surface area contributed by atoms with Gasteiger partial charge in [0.05, 0.1) is 19.3 Å². The van der Waals surface area contributed by atoms with Gasteiger partial charge >= 0.3 is 5.97 Å². The molecule has 16 heavy (non-hydrogen) atoms. The van der Waals surface area contributed by atoms with Gasteiger partial charge in [0.15, 0.2) is 12.1 Å². The lowest BCUT2D eigenvalue weighted by Gasteiger charge is -2.05. The number of carbonyl (C=O) groups excluding carboxylic acids is 1. The lowest BCUT2D eigenvalue weighted by atomic mass is 10.0. The Hall–Kier alpha value is -1.36. The molecule has 0 aromatic carbocycles. The second-order valence-corrected chi connectivity index (χ2v) is 3.86. The third-order valence-corrected chi connectivity index (χ3v) is 2.63.